The average Bonchev–Trinajstić information content (AvgIpc) is 2.45. The largest absolute Gasteiger partial charge is 0.325 e. The van der Waals surface area contributed by atoms with E-state index in [1.54, 1.807) is 24.1 Å². The summed E-state index contributed by atoms with van der Waals surface area (Å²) in [7, 11) is 1.73. The molecule has 22 heavy (non-hydrogen) atoms. The summed E-state index contributed by atoms with van der Waals surface area (Å²) in [6, 6.07) is 9.14. The van der Waals surface area contributed by atoms with Crippen LogP contribution in [0.5, 0.6) is 0 Å². The van der Waals surface area contributed by atoms with Crippen molar-refractivity contribution >= 4 is 11.6 Å². The van der Waals surface area contributed by atoms with Crippen LogP contribution in [0.2, 0.25) is 0 Å². The van der Waals surface area contributed by atoms with Crippen LogP contribution in [-0.4, -0.2) is 24.4 Å². The summed E-state index contributed by atoms with van der Waals surface area (Å²) < 4.78 is 38.6. The number of carbonyl (C=O) groups is 1. The number of benzene rings is 2. The van der Waals surface area contributed by atoms with Crippen molar-refractivity contribution in [3.63, 3.8) is 0 Å². The molecule has 0 aliphatic carbocycles. The first kappa shape index (κ1) is 16.0. The highest BCUT2D eigenvalue weighted by Crippen LogP contribution is 2.13. The molecule has 0 saturated carbocycles. The predicted octanol–water partition coefficient (Wildman–Crippen LogP) is 3.17. The van der Waals surface area contributed by atoms with Crippen molar-refractivity contribution < 1.29 is 18.0 Å². The van der Waals surface area contributed by atoms with E-state index in [2.05, 4.69) is 5.32 Å². The van der Waals surface area contributed by atoms with Crippen LogP contribution >= 0.6 is 0 Å². The van der Waals surface area contributed by atoms with E-state index in [0.717, 1.165) is 17.7 Å². The van der Waals surface area contributed by atoms with Crippen LogP contribution in [0.4, 0.5) is 18.9 Å². The van der Waals surface area contributed by atoms with Gasteiger partial charge in [-0.2, -0.15) is 0 Å². The Balaban J connectivity index is 1.88. The van der Waals surface area contributed by atoms with Gasteiger partial charge in [0.05, 0.1) is 6.54 Å². The van der Waals surface area contributed by atoms with Crippen molar-refractivity contribution in [1.29, 1.82) is 0 Å². The molecular weight excluding hydrogens is 293 g/mol. The van der Waals surface area contributed by atoms with Crippen molar-refractivity contribution in [2.45, 2.75) is 6.54 Å². The molecule has 6 heteroatoms. The van der Waals surface area contributed by atoms with Gasteiger partial charge in [-0.15, -0.1) is 0 Å². The number of hydrogen-bond acceptors (Lipinski definition) is 2. The molecule has 0 atom stereocenters. The maximum Gasteiger partial charge on any atom is 0.238 e. The normalized spacial score (nSPS) is 10.8. The molecule has 0 heterocycles. The predicted molar refractivity (Wildman–Crippen MR) is 77.7 cm³/mol. The lowest BCUT2D eigenvalue weighted by atomic mass is 10.2. The Morgan fingerprint density at radius 1 is 1.05 bits per heavy atom. The van der Waals surface area contributed by atoms with Gasteiger partial charge in [0.1, 0.15) is 5.82 Å². The molecule has 2 rings (SSSR count). The van der Waals surface area contributed by atoms with Crippen molar-refractivity contribution in [3.05, 3.63) is 65.5 Å². The minimum absolute atomic E-state index is 0.0658. The Bertz CT molecular complexity index is 659. The molecule has 0 unspecified atom stereocenters. The maximum atomic E-state index is 13.0. The summed E-state index contributed by atoms with van der Waals surface area (Å²) >= 11 is 0. The molecule has 0 saturated heterocycles. The van der Waals surface area contributed by atoms with Crippen LogP contribution in [-0.2, 0) is 11.3 Å². The summed E-state index contributed by atoms with van der Waals surface area (Å²) in [6.45, 7) is 0.530. The van der Waals surface area contributed by atoms with Gasteiger partial charge in [0.15, 0.2) is 11.6 Å². The fraction of sp³-hybridized carbons (Fsp3) is 0.188. The molecule has 0 fully saturated rings. The maximum absolute atomic E-state index is 13.0. The second-order valence-corrected chi connectivity index (χ2v) is 4.98. The molecule has 1 N–H and O–H groups in total. The Labute approximate surface area is 126 Å². The monoisotopic (exact) mass is 308 g/mol. The number of rotatable bonds is 5. The van der Waals surface area contributed by atoms with E-state index in [-0.39, 0.29) is 24.0 Å². The first-order valence-electron chi connectivity index (χ1n) is 6.62. The summed E-state index contributed by atoms with van der Waals surface area (Å²) in [5.74, 6) is -2.65. The number of anilines is 1. The lowest BCUT2D eigenvalue weighted by Crippen LogP contribution is -2.29. The van der Waals surface area contributed by atoms with Gasteiger partial charge in [0.2, 0.25) is 5.91 Å². The molecule has 1 amide bonds. The number of carbonyl (C=O) groups excluding carboxylic acids is 1. The van der Waals surface area contributed by atoms with Gasteiger partial charge in [0.25, 0.3) is 0 Å². The zero-order valence-corrected chi connectivity index (χ0v) is 11.9. The quantitative estimate of drug-likeness (QED) is 0.920. The third-order valence-corrected chi connectivity index (χ3v) is 2.98. The van der Waals surface area contributed by atoms with Crippen LogP contribution in [0.1, 0.15) is 5.56 Å². The Morgan fingerprint density at radius 2 is 1.73 bits per heavy atom. The number of hydrogen-bond donors (Lipinski definition) is 1. The highest BCUT2D eigenvalue weighted by atomic mass is 19.2. The second-order valence-electron chi connectivity index (χ2n) is 4.98. The fourth-order valence-corrected chi connectivity index (χ4v) is 1.98. The summed E-state index contributed by atoms with van der Waals surface area (Å²) in [4.78, 5) is 13.6. The van der Waals surface area contributed by atoms with Gasteiger partial charge < -0.3 is 5.32 Å². The smallest absolute Gasteiger partial charge is 0.238 e. The van der Waals surface area contributed by atoms with Crippen molar-refractivity contribution in [2.24, 2.45) is 0 Å². The first-order valence-corrected chi connectivity index (χ1v) is 6.62. The van der Waals surface area contributed by atoms with Crippen LogP contribution in [0.25, 0.3) is 0 Å². The molecule has 2 aromatic carbocycles. The molecule has 0 aromatic heterocycles. The van der Waals surface area contributed by atoms with Gasteiger partial charge in [-0.3, -0.25) is 9.69 Å². The Kier molecular flexibility index (Phi) is 5.16. The first-order chi connectivity index (χ1) is 10.4. The lowest BCUT2D eigenvalue weighted by Gasteiger charge is -2.16. The van der Waals surface area contributed by atoms with E-state index in [9.17, 15) is 18.0 Å². The van der Waals surface area contributed by atoms with E-state index in [0.29, 0.717) is 6.54 Å². The van der Waals surface area contributed by atoms with Gasteiger partial charge in [-0.1, -0.05) is 12.1 Å². The van der Waals surface area contributed by atoms with Gasteiger partial charge in [-0.05, 0) is 36.9 Å². The van der Waals surface area contributed by atoms with Gasteiger partial charge in [-0.25, -0.2) is 13.2 Å². The van der Waals surface area contributed by atoms with Gasteiger partial charge in [0, 0.05) is 18.3 Å². The number of amides is 1. The average molecular weight is 308 g/mol. The third-order valence-electron chi connectivity index (χ3n) is 2.98. The highest BCUT2D eigenvalue weighted by molar-refractivity contribution is 5.92. The zero-order chi connectivity index (χ0) is 16.1. The number of nitrogens with one attached hydrogen (secondary N) is 1. The minimum atomic E-state index is -1.02. The van der Waals surface area contributed by atoms with Crippen molar-refractivity contribution in [1.82, 2.24) is 4.90 Å². The van der Waals surface area contributed by atoms with E-state index in [4.69, 9.17) is 0 Å². The highest BCUT2D eigenvalue weighted by Gasteiger charge is 2.09. The third kappa shape index (κ3) is 4.60. The van der Waals surface area contributed by atoms with Crippen LogP contribution in [0.15, 0.2) is 42.5 Å². The molecule has 3 nitrogen and oxygen atoms in total. The van der Waals surface area contributed by atoms with E-state index in [1.165, 1.54) is 18.2 Å². The molecule has 0 bridgehead atoms. The van der Waals surface area contributed by atoms with Crippen molar-refractivity contribution in [3.8, 4) is 0 Å². The summed E-state index contributed by atoms with van der Waals surface area (Å²) in [6.07, 6.45) is 0. The Hall–Kier alpha value is -2.34. The summed E-state index contributed by atoms with van der Waals surface area (Å²) in [5.41, 5.74) is 1.06. The molecule has 0 spiro atoms. The molecule has 116 valence electrons. The zero-order valence-electron chi connectivity index (χ0n) is 11.9. The van der Waals surface area contributed by atoms with Gasteiger partial charge >= 0.3 is 0 Å². The lowest BCUT2D eigenvalue weighted by molar-refractivity contribution is -0.117. The van der Waals surface area contributed by atoms with Crippen molar-refractivity contribution in [2.75, 3.05) is 18.9 Å². The van der Waals surface area contributed by atoms with E-state index >= 15 is 0 Å². The molecule has 2 aromatic rings. The molecule has 0 aliphatic heterocycles. The van der Waals surface area contributed by atoms with Crippen LogP contribution < -0.4 is 5.32 Å². The number of halogens is 3. The fourth-order valence-electron chi connectivity index (χ4n) is 1.98. The topological polar surface area (TPSA) is 32.3 Å². The number of nitrogens with zero attached hydrogens (tertiary/aromatic N) is 1. The summed E-state index contributed by atoms with van der Waals surface area (Å²) in [5, 5.41) is 2.49. The molecule has 0 aliphatic rings. The second kappa shape index (κ2) is 7.09. The van der Waals surface area contributed by atoms with Crippen LogP contribution in [0, 0.1) is 17.5 Å². The Morgan fingerprint density at radius 3 is 2.36 bits per heavy atom. The minimum Gasteiger partial charge on any atom is -0.325 e. The standard InChI is InChI=1S/C16H15F3N2O/c1-21(9-11-2-4-12(17)5-3-11)10-16(22)20-13-6-7-14(18)15(19)8-13/h2-8H,9-10H2,1H3,(H,20,22). The van der Waals surface area contributed by atoms with E-state index < -0.39 is 11.6 Å². The van der Waals surface area contributed by atoms with Crippen LogP contribution in [0.3, 0.4) is 0 Å². The molecule has 0 radical (unpaired) electrons. The molecular formula is C16H15F3N2O. The van der Waals surface area contributed by atoms with E-state index in [1.807, 2.05) is 0 Å². The number of likely N-dealkylation sites (N-methyl/N-ethyl adjacent to an activating group) is 1. The SMILES string of the molecule is CN(CC(=O)Nc1ccc(F)c(F)c1)Cc1ccc(F)cc1.